The van der Waals surface area contributed by atoms with Crippen LogP contribution in [0.15, 0.2) is 41.3 Å². The predicted molar refractivity (Wildman–Crippen MR) is 122 cm³/mol. The van der Waals surface area contributed by atoms with Crippen molar-refractivity contribution in [1.82, 2.24) is 9.62 Å². The number of methoxy groups -OCH3 is 2. The third-order valence-corrected chi connectivity index (χ3v) is 6.84. The van der Waals surface area contributed by atoms with Gasteiger partial charge in [0.1, 0.15) is 0 Å². The standard InChI is InChI=1S/C21H27ClN2O4S.ClH/c1-27-20-13-16-9-12-24(15-17(16)14-21(20)28-2)11-4-3-10-23-29(25,26)19-7-5-18(22)6-8-19;/h5-8,13-14,23H,3-4,9-12,15H2,1-2H3;1H. The molecule has 0 saturated heterocycles. The first kappa shape index (κ1) is 24.8. The molecule has 1 heterocycles. The summed E-state index contributed by atoms with van der Waals surface area (Å²) >= 11 is 5.81. The van der Waals surface area contributed by atoms with Gasteiger partial charge < -0.3 is 9.47 Å². The molecule has 6 nitrogen and oxygen atoms in total. The maximum atomic E-state index is 12.3. The third kappa shape index (κ3) is 6.25. The number of hydrogen-bond donors (Lipinski definition) is 1. The highest BCUT2D eigenvalue weighted by atomic mass is 35.5. The van der Waals surface area contributed by atoms with Crippen LogP contribution in [0.1, 0.15) is 24.0 Å². The number of nitrogens with one attached hydrogen (secondary N) is 1. The molecule has 0 fully saturated rings. The molecule has 166 valence electrons. The summed E-state index contributed by atoms with van der Waals surface area (Å²) in [6.45, 7) is 3.20. The first-order valence-electron chi connectivity index (χ1n) is 9.64. The molecular weight excluding hydrogens is 447 g/mol. The van der Waals surface area contributed by atoms with Crippen LogP contribution in [0.2, 0.25) is 5.02 Å². The number of rotatable bonds is 9. The number of hydrogen-bond acceptors (Lipinski definition) is 5. The molecule has 0 bridgehead atoms. The second kappa shape index (κ2) is 11.2. The Hall–Kier alpha value is -1.51. The molecule has 2 aromatic rings. The van der Waals surface area contributed by atoms with Gasteiger partial charge in [0.25, 0.3) is 0 Å². The number of nitrogens with zero attached hydrogens (tertiary/aromatic N) is 1. The fourth-order valence-corrected chi connectivity index (χ4v) is 4.70. The lowest BCUT2D eigenvalue weighted by Crippen LogP contribution is -2.32. The Morgan fingerprint density at radius 1 is 1.03 bits per heavy atom. The minimum Gasteiger partial charge on any atom is -0.493 e. The summed E-state index contributed by atoms with van der Waals surface area (Å²) < 4.78 is 38.0. The Balaban J connectivity index is 0.00000320. The smallest absolute Gasteiger partial charge is 0.240 e. The van der Waals surface area contributed by atoms with Gasteiger partial charge in [-0.1, -0.05) is 11.6 Å². The molecular formula is C21H28Cl2N2O4S. The summed E-state index contributed by atoms with van der Waals surface area (Å²) in [4.78, 5) is 2.63. The molecule has 0 aromatic heterocycles. The van der Waals surface area contributed by atoms with Crippen molar-refractivity contribution < 1.29 is 17.9 Å². The van der Waals surface area contributed by atoms with E-state index in [9.17, 15) is 8.42 Å². The molecule has 3 rings (SSSR count). The van der Waals surface area contributed by atoms with Gasteiger partial charge in [0, 0.05) is 24.7 Å². The van der Waals surface area contributed by atoms with E-state index in [1.54, 1.807) is 26.4 Å². The van der Waals surface area contributed by atoms with Crippen LogP contribution in [0.4, 0.5) is 0 Å². The number of ether oxygens (including phenoxy) is 2. The van der Waals surface area contributed by atoms with Crippen molar-refractivity contribution in [2.75, 3.05) is 33.9 Å². The maximum absolute atomic E-state index is 12.3. The van der Waals surface area contributed by atoms with Gasteiger partial charge in [0.05, 0.1) is 19.1 Å². The minimum atomic E-state index is -3.48. The largest absolute Gasteiger partial charge is 0.493 e. The summed E-state index contributed by atoms with van der Waals surface area (Å²) in [6, 6.07) is 10.3. The van der Waals surface area contributed by atoms with Crippen molar-refractivity contribution in [3.05, 3.63) is 52.5 Å². The lowest BCUT2D eigenvalue weighted by atomic mass is 9.98. The van der Waals surface area contributed by atoms with Gasteiger partial charge >= 0.3 is 0 Å². The summed E-state index contributed by atoms with van der Waals surface area (Å²) in [6.07, 6.45) is 2.67. The van der Waals surface area contributed by atoms with E-state index in [1.165, 1.54) is 23.3 Å². The van der Waals surface area contributed by atoms with E-state index < -0.39 is 10.0 Å². The Kier molecular flexibility index (Phi) is 9.25. The zero-order valence-corrected chi connectivity index (χ0v) is 19.6. The molecule has 0 atom stereocenters. The summed E-state index contributed by atoms with van der Waals surface area (Å²) in [5.74, 6) is 1.53. The Morgan fingerprint density at radius 2 is 1.67 bits per heavy atom. The number of halogens is 2. The zero-order chi connectivity index (χ0) is 20.9. The fraction of sp³-hybridized carbons (Fsp3) is 0.429. The molecule has 0 aliphatic carbocycles. The van der Waals surface area contributed by atoms with E-state index in [2.05, 4.69) is 21.8 Å². The van der Waals surface area contributed by atoms with Crippen LogP contribution in [0, 0.1) is 0 Å². The van der Waals surface area contributed by atoms with E-state index in [0.29, 0.717) is 11.6 Å². The average Bonchev–Trinajstić information content (AvgIpc) is 2.72. The first-order valence-corrected chi connectivity index (χ1v) is 11.5. The monoisotopic (exact) mass is 474 g/mol. The van der Waals surface area contributed by atoms with Crippen LogP contribution in [-0.4, -0.2) is 47.2 Å². The molecule has 30 heavy (non-hydrogen) atoms. The van der Waals surface area contributed by atoms with Crippen LogP contribution in [0.25, 0.3) is 0 Å². The molecule has 1 aliphatic rings. The van der Waals surface area contributed by atoms with Crippen LogP contribution in [-0.2, 0) is 23.0 Å². The van der Waals surface area contributed by atoms with E-state index in [1.807, 2.05) is 0 Å². The molecule has 0 spiro atoms. The maximum Gasteiger partial charge on any atom is 0.240 e. The molecule has 1 aliphatic heterocycles. The lowest BCUT2D eigenvalue weighted by molar-refractivity contribution is 0.248. The van der Waals surface area contributed by atoms with Gasteiger partial charge in [-0.2, -0.15) is 0 Å². The van der Waals surface area contributed by atoms with Crippen molar-refractivity contribution in [3.63, 3.8) is 0 Å². The van der Waals surface area contributed by atoms with E-state index in [-0.39, 0.29) is 17.3 Å². The summed E-state index contributed by atoms with van der Waals surface area (Å²) in [5, 5.41) is 0.517. The third-order valence-electron chi connectivity index (χ3n) is 5.11. The Labute approximate surface area is 190 Å². The van der Waals surface area contributed by atoms with Crippen molar-refractivity contribution in [3.8, 4) is 11.5 Å². The van der Waals surface area contributed by atoms with Gasteiger partial charge in [-0.05, 0) is 73.3 Å². The van der Waals surface area contributed by atoms with Crippen molar-refractivity contribution in [1.29, 1.82) is 0 Å². The highest BCUT2D eigenvalue weighted by Crippen LogP contribution is 2.33. The summed E-state index contributed by atoms with van der Waals surface area (Å²) in [5.41, 5.74) is 2.56. The van der Waals surface area contributed by atoms with E-state index in [0.717, 1.165) is 50.4 Å². The topological polar surface area (TPSA) is 67.9 Å². The van der Waals surface area contributed by atoms with Gasteiger partial charge in [-0.25, -0.2) is 13.1 Å². The quantitative estimate of drug-likeness (QED) is 0.558. The normalized spacial score (nSPS) is 14.0. The van der Waals surface area contributed by atoms with Gasteiger partial charge in [-0.3, -0.25) is 4.90 Å². The van der Waals surface area contributed by atoms with Crippen molar-refractivity contribution in [2.24, 2.45) is 0 Å². The van der Waals surface area contributed by atoms with E-state index in [4.69, 9.17) is 21.1 Å². The Bertz CT molecular complexity index is 937. The second-order valence-corrected chi connectivity index (χ2v) is 9.26. The van der Waals surface area contributed by atoms with Crippen molar-refractivity contribution >= 4 is 34.0 Å². The number of benzene rings is 2. The molecule has 0 radical (unpaired) electrons. The molecule has 0 amide bonds. The van der Waals surface area contributed by atoms with Crippen LogP contribution >= 0.6 is 24.0 Å². The van der Waals surface area contributed by atoms with Crippen LogP contribution in [0.5, 0.6) is 11.5 Å². The van der Waals surface area contributed by atoms with Gasteiger partial charge in [0.15, 0.2) is 11.5 Å². The van der Waals surface area contributed by atoms with Crippen LogP contribution < -0.4 is 14.2 Å². The molecule has 1 N–H and O–H groups in total. The number of unbranched alkanes of at least 4 members (excludes halogenated alkanes) is 1. The SMILES string of the molecule is COc1cc2c(cc1OC)CN(CCCCNS(=O)(=O)c1ccc(Cl)cc1)CC2.Cl. The predicted octanol–water partition coefficient (Wildman–Crippen LogP) is 3.90. The number of fused-ring (bicyclic) bond motifs is 1. The molecule has 0 saturated carbocycles. The lowest BCUT2D eigenvalue weighted by Gasteiger charge is -2.29. The first-order chi connectivity index (χ1) is 13.9. The van der Waals surface area contributed by atoms with Crippen molar-refractivity contribution in [2.45, 2.75) is 30.7 Å². The van der Waals surface area contributed by atoms with Crippen LogP contribution in [0.3, 0.4) is 0 Å². The number of sulfonamides is 1. The average molecular weight is 475 g/mol. The highest BCUT2D eigenvalue weighted by molar-refractivity contribution is 7.89. The zero-order valence-electron chi connectivity index (χ0n) is 17.2. The van der Waals surface area contributed by atoms with Gasteiger partial charge in [-0.15, -0.1) is 12.4 Å². The molecule has 9 heteroatoms. The Morgan fingerprint density at radius 3 is 2.30 bits per heavy atom. The molecule has 0 unspecified atom stereocenters. The molecule has 2 aromatic carbocycles. The second-order valence-electron chi connectivity index (χ2n) is 7.06. The highest BCUT2D eigenvalue weighted by Gasteiger charge is 2.19. The minimum absolute atomic E-state index is 0. The van der Waals surface area contributed by atoms with Gasteiger partial charge in [0.2, 0.25) is 10.0 Å². The van der Waals surface area contributed by atoms with E-state index >= 15 is 0 Å². The fourth-order valence-electron chi connectivity index (χ4n) is 3.50. The summed E-state index contributed by atoms with van der Waals surface area (Å²) in [7, 11) is -0.183.